The molecule has 6 N–H and O–H groups in total. The Morgan fingerprint density at radius 1 is 1.15 bits per heavy atom. The van der Waals surface area contributed by atoms with Crippen LogP contribution >= 0.6 is 11.3 Å². The standard InChI is InChI=1S/C18H19N5O3S/c1-8(2)26-12-5-3-9(16(24)25)7-11(12)21-18-23-15-13(27-18)6-4-10-14(15)22-17(19)20-10/h3-8,16,24-25H,1-2H3,(H,21,23)(H3,19,20,22). The number of nitrogens with one attached hydrogen (secondary N) is 2. The fourth-order valence-electron chi connectivity index (χ4n) is 2.81. The number of rotatable bonds is 5. The molecule has 2 aromatic carbocycles. The van der Waals surface area contributed by atoms with E-state index in [1.807, 2.05) is 26.0 Å². The van der Waals surface area contributed by atoms with Gasteiger partial charge in [-0.2, -0.15) is 0 Å². The van der Waals surface area contributed by atoms with Crippen molar-refractivity contribution in [3.63, 3.8) is 0 Å². The first-order chi connectivity index (χ1) is 12.9. The molecule has 0 aliphatic rings. The summed E-state index contributed by atoms with van der Waals surface area (Å²) in [4.78, 5) is 11.9. The van der Waals surface area contributed by atoms with E-state index in [0.717, 1.165) is 15.7 Å². The van der Waals surface area contributed by atoms with Crippen LogP contribution in [0, 0.1) is 0 Å². The van der Waals surface area contributed by atoms with E-state index in [4.69, 9.17) is 10.5 Å². The molecule has 2 heterocycles. The van der Waals surface area contributed by atoms with Crippen LogP contribution in [-0.4, -0.2) is 31.3 Å². The summed E-state index contributed by atoms with van der Waals surface area (Å²) in [6, 6.07) is 8.83. The van der Waals surface area contributed by atoms with Gasteiger partial charge in [0.2, 0.25) is 0 Å². The van der Waals surface area contributed by atoms with Crippen molar-refractivity contribution in [2.45, 2.75) is 26.2 Å². The summed E-state index contributed by atoms with van der Waals surface area (Å²) in [5, 5.41) is 22.8. The van der Waals surface area contributed by atoms with Crippen LogP contribution in [0.3, 0.4) is 0 Å². The molecule has 0 atom stereocenters. The van der Waals surface area contributed by atoms with Crippen molar-refractivity contribution in [3.8, 4) is 5.75 Å². The average Bonchev–Trinajstić information content (AvgIpc) is 3.17. The number of hydrogen-bond donors (Lipinski definition) is 5. The molecule has 0 radical (unpaired) electrons. The van der Waals surface area contributed by atoms with E-state index in [1.165, 1.54) is 11.3 Å². The van der Waals surface area contributed by atoms with E-state index < -0.39 is 6.29 Å². The first-order valence-electron chi connectivity index (χ1n) is 8.39. The van der Waals surface area contributed by atoms with Crippen molar-refractivity contribution in [1.29, 1.82) is 0 Å². The van der Waals surface area contributed by atoms with Crippen molar-refractivity contribution in [2.24, 2.45) is 0 Å². The summed E-state index contributed by atoms with van der Waals surface area (Å²) in [5.41, 5.74) is 9.00. The fraction of sp³-hybridized carbons (Fsp3) is 0.222. The number of nitrogen functional groups attached to an aromatic ring is 1. The van der Waals surface area contributed by atoms with Crippen molar-refractivity contribution in [1.82, 2.24) is 15.0 Å². The van der Waals surface area contributed by atoms with Crippen LogP contribution in [0.15, 0.2) is 30.3 Å². The van der Waals surface area contributed by atoms with Gasteiger partial charge in [0.1, 0.15) is 16.8 Å². The van der Waals surface area contributed by atoms with E-state index in [2.05, 4.69) is 20.3 Å². The third-order valence-electron chi connectivity index (χ3n) is 3.94. The van der Waals surface area contributed by atoms with Crippen molar-refractivity contribution < 1.29 is 14.9 Å². The van der Waals surface area contributed by atoms with Crippen LogP contribution in [0.2, 0.25) is 0 Å². The zero-order valence-corrected chi connectivity index (χ0v) is 15.5. The van der Waals surface area contributed by atoms with Crippen LogP contribution in [0.1, 0.15) is 25.7 Å². The second kappa shape index (κ2) is 6.69. The molecule has 140 valence electrons. The Kier molecular flexibility index (Phi) is 4.34. The largest absolute Gasteiger partial charge is 0.489 e. The van der Waals surface area contributed by atoms with Gasteiger partial charge in [0, 0.05) is 5.56 Å². The van der Waals surface area contributed by atoms with Crippen molar-refractivity contribution >= 4 is 49.4 Å². The Morgan fingerprint density at radius 2 is 1.96 bits per heavy atom. The highest BCUT2D eigenvalue weighted by Gasteiger charge is 2.15. The molecule has 0 saturated carbocycles. The Bertz CT molecular complexity index is 1120. The van der Waals surface area contributed by atoms with Crippen LogP contribution in [-0.2, 0) is 0 Å². The molecule has 4 rings (SSSR count). The van der Waals surface area contributed by atoms with Gasteiger partial charge in [-0.15, -0.1) is 0 Å². The molecule has 4 aromatic rings. The monoisotopic (exact) mass is 385 g/mol. The lowest BCUT2D eigenvalue weighted by molar-refractivity contribution is -0.0424. The first kappa shape index (κ1) is 17.5. The number of nitrogens with zero attached hydrogens (tertiary/aromatic N) is 2. The predicted octanol–water partition coefficient (Wildman–Crippen LogP) is 3.27. The zero-order valence-electron chi connectivity index (χ0n) is 14.7. The van der Waals surface area contributed by atoms with Crippen LogP contribution in [0.4, 0.5) is 16.8 Å². The SMILES string of the molecule is CC(C)Oc1ccc(C(O)O)cc1Nc1nc2c(ccc3[nH]c(N)nc32)s1. The number of fused-ring (bicyclic) bond motifs is 3. The summed E-state index contributed by atoms with van der Waals surface area (Å²) in [6.07, 6.45) is -1.60. The molecule has 27 heavy (non-hydrogen) atoms. The molecule has 0 saturated heterocycles. The minimum absolute atomic E-state index is 0.0301. The number of hydrogen-bond acceptors (Lipinski definition) is 8. The Balaban J connectivity index is 1.76. The van der Waals surface area contributed by atoms with E-state index in [1.54, 1.807) is 18.2 Å². The molecule has 8 nitrogen and oxygen atoms in total. The van der Waals surface area contributed by atoms with Gasteiger partial charge in [-0.05, 0) is 38.1 Å². The summed E-state index contributed by atoms with van der Waals surface area (Å²) in [6.45, 7) is 3.85. The average molecular weight is 385 g/mol. The molecular formula is C18H19N5O3S. The molecule has 2 aromatic heterocycles. The number of thiazole rings is 1. The fourth-order valence-corrected chi connectivity index (χ4v) is 3.69. The third-order valence-corrected chi connectivity index (χ3v) is 4.87. The first-order valence-corrected chi connectivity index (χ1v) is 9.21. The second-order valence-corrected chi connectivity index (χ2v) is 7.40. The summed E-state index contributed by atoms with van der Waals surface area (Å²) in [5.74, 6) is 0.945. The number of H-pyrrole nitrogens is 1. The number of anilines is 3. The molecule has 0 aliphatic carbocycles. The van der Waals surface area contributed by atoms with E-state index in [0.29, 0.717) is 33.6 Å². The van der Waals surface area contributed by atoms with Crippen LogP contribution in [0.5, 0.6) is 5.75 Å². The Labute approximate surface area is 158 Å². The summed E-state index contributed by atoms with van der Waals surface area (Å²) in [7, 11) is 0. The third kappa shape index (κ3) is 3.39. The van der Waals surface area contributed by atoms with Crippen molar-refractivity contribution in [3.05, 3.63) is 35.9 Å². The molecule has 0 unspecified atom stereocenters. The number of nitrogens with two attached hydrogens (primary N) is 1. The molecule has 0 aliphatic heterocycles. The number of benzene rings is 2. The van der Waals surface area contributed by atoms with E-state index in [-0.39, 0.29) is 6.10 Å². The van der Waals surface area contributed by atoms with Gasteiger partial charge in [0.15, 0.2) is 17.4 Å². The zero-order chi connectivity index (χ0) is 19.1. The lowest BCUT2D eigenvalue weighted by atomic mass is 10.1. The smallest absolute Gasteiger partial charge is 0.198 e. The maximum absolute atomic E-state index is 9.47. The topological polar surface area (TPSA) is 129 Å². The Hall–Kier alpha value is -2.88. The minimum Gasteiger partial charge on any atom is -0.489 e. The van der Waals surface area contributed by atoms with Gasteiger partial charge in [-0.25, -0.2) is 9.97 Å². The number of ether oxygens (including phenoxy) is 1. The summed E-state index contributed by atoms with van der Waals surface area (Å²) < 4.78 is 6.78. The molecular weight excluding hydrogens is 366 g/mol. The number of imidazole rings is 1. The molecule has 0 amide bonds. The van der Waals surface area contributed by atoms with Gasteiger partial charge in [-0.3, -0.25) is 0 Å². The maximum atomic E-state index is 9.47. The molecule has 0 fully saturated rings. The quantitative estimate of drug-likeness (QED) is 0.333. The maximum Gasteiger partial charge on any atom is 0.198 e. The predicted molar refractivity (Wildman–Crippen MR) is 106 cm³/mol. The van der Waals surface area contributed by atoms with Crippen LogP contribution in [0.25, 0.3) is 21.3 Å². The van der Waals surface area contributed by atoms with Gasteiger partial charge in [0.05, 0.1) is 22.0 Å². The van der Waals surface area contributed by atoms with Gasteiger partial charge < -0.3 is 31.0 Å². The lowest BCUT2D eigenvalue weighted by Crippen LogP contribution is -2.08. The van der Waals surface area contributed by atoms with Gasteiger partial charge in [0.25, 0.3) is 0 Å². The second-order valence-electron chi connectivity index (χ2n) is 6.37. The highest BCUT2D eigenvalue weighted by atomic mass is 32.1. The molecule has 0 spiro atoms. The highest BCUT2D eigenvalue weighted by Crippen LogP contribution is 2.36. The highest BCUT2D eigenvalue weighted by molar-refractivity contribution is 7.22. The number of aliphatic hydroxyl groups excluding tert-OH is 1. The number of aromatic amines is 1. The van der Waals surface area contributed by atoms with Crippen LogP contribution < -0.4 is 15.8 Å². The normalized spacial score (nSPS) is 11.8. The minimum atomic E-state index is -1.57. The number of aliphatic hydroxyl groups is 2. The lowest BCUT2D eigenvalue weighted by Gasteiger charge is -2.16. The molecule has 0 bridgehead atoms. The number of aromatic nitrogens is 3. The van der Waals surface area contributed by atoms with Gasteiger partial charge in [-0.1, -0.05) is 17.4 Å². The van der Waals surface area contributed by atoms with Crippen molar-refractivity contribution in [2.75, 3.05) is 11.1 Å². The summed E-state index contributed by atoms with van der Waals surface area (Å²) >= 11 is 1.46. The van der Waals surface area contributed by atoms with E-state index in [9.17, 15) is 10.2 Å². The molecule has 9 heteroatoms. The van der Waals surface area contributed by atoms with E-state index >= 15 is 0 Å². The van der Waals surface area contributed by atoms with Gasteiger partial charge >= 0.3 is 0 Å². The Morgan fingerprint density at radius 3 is 2.70 bits per heavy atom.